The molecule has 0 aliphatic heterocycles. The van der Waals surface area contributed by atoms with Crippen molar-refractivity contribution in [3.05, 3.63) is 35.4 Å². The number of carbonyl (C=O) groups is 1. The highest BCUT2D eigenvalue weighted by Crippen LogP contribution is 2.05. The molecule has 0 amide bonds. The van der Waals surface area contributed by atoms with Gasteiger partial charge in [0.05, 0.1) is 0 Å². The van der Waals surface area contributed by atoms with Gasteiger partial charge >= 0.3 is 0 Å². The molecule has 0 bridgehead atoms. The molecule has 51 valence electrons. The lowest BCUT2D eigenvalue weighted by molar-refractivity contribution is 0.103. The fraction of sp³-hybridized carbons (Fsp3) is 0. The summed E-state index contributed by atoms with van der Waals surface area (Å²) in [7, 11) is 0. The van der Waals surface area contributed by atoms with Crippen molar-refractivity contribution >= 4 is 21.7 Å². The molecule has 0 unspecified atom stereocenters. The molecule has 0 atom stereocenters. The third-order valence-corrected chi connectivity index (χ3v) is 1.44. The summed E-state index contributed by atoms with van der Waals surface area (Å²) in [6, 6.07) is 5.13. The molecule has 1 aromatic heterocycles. The normalized spacial score (nSPS) is 9.40. The molecule has 0 aromatic carbocycles. The van der Waals surface area contributed by atoms with Crippen LogP contribution in [-0.2, 0) is 0 Å². The summed E-state index contributed by atoms with van der Waals surface area (Å²) in [5.41, 5.74) is 0.384. The Morgan fingerprint density at radius 2 is 2.30 bits per heavy atom. The van der Waals surface area contributed by atoms with Crippen molar-refractivity contribution in [3.8, 4) is 0 Å². The molecule has 1 aromatic rings. The zero-order valence-corrected chi connectivity index (χ0v) is 6.76. The van der Waals surface area contributed by atoms with E-state index in [9.17, 15) is 4.79 Å². The van der Waals surface area contributed by atoms with Gasteiger partial charge in [-0.05, 0) is 28.1 Å². The van der Waals surface area contributed by atoms with Crippen LogP contribution in [0.4, 0.5) is 0 Å². The second-order valence-corrected chi connectivity index (χ2v) is 2.58. The molecule has 1 rings (SSSR count). The van der Waals surface area contributed by atoms with Crippen molar-refractivity contribution in [3.63, 3.8) is 0 Å². The van der Waals surface area contributed by atoms with E-state index in [0.29, 0.717) is 10.3 Å². The molecule has 0 aliphatic carbocycles. The Labute approximate surface area is 67.4 Å². The van der Waals surface area contributed by atoms with E-state index in [1.807, 2.05) is 0 Å². The van der Waals surface area contributed by atoms with Crippen LogP contribution in [0.15, 0.2) is 22.8 Å². The van der Waals surface area contributed by atoms with E-state index in [-0.39, 0.29) is 5.78 Å². The molecule has 1 heterocycles. The number of ketones is 1. The van der Waals surface area contributed by atoms with Crippen LogP contribution < -0.4 is 0 Å². The third-order valence-electron chi connectivity index (χ3n) is 1.00. The fourth-order valence-corrected chi connectivity index (χ4v) is 0.907. The van der Waals surface area contributed by atoms with Crippen LogP contribution in [0.25, 0.3) is 0 Å². The Kier molecular flexibility index (Phi) is 2.17. The quantitative estimate of drug-likeness (QED) is 0.510. The molecule has 2 nitrogen and oxygen atoms in total. The van der Waals surface area contributed by atoms with Crippen LogP contribution >= 0.6 is 15.9 Å². The van der Waals surface area contributed by atoms with Crippen molar-refractivity contribution in [1.29, 1.82) is 0 Å². The van der Waals surface area contributed by atoms with E-state index in [0.717, 1.165) is 0 Å². The number of halogens is 1. The molecule has 10 heavy (non-hydrogen) atoms. The number of hydrogen-bond acceptors (Lipinski definition) is 2. The van der Waals surface area contributed by atoms with Crippen molar-refractivity contribution < 1.29 is 4.79 Å². The van der Waals surface area contributed by atoms with Gasteiger partial charge in [0.15, 0.2) is 5.78 Å². The summed E-state index contributed by atoms with van der Waals surface area (Å²) in [6.45, 7) is 3.23. The highest BCUT2D eigenvalue weighted by atomic mass is 79.9. The predicted molar refractivity (Wildman–Crippen MR) is 41.6 cm³/mol. The standard InChI is InChI=1S/C7H5BrNO/c1-5(10)6-3-2-4-7(8)9-6/h2-4H,1H2. The Bertz CT molecular complexity index is 260. The molecule has 0 saturated carbocycles. The second-order valence-electron chi connectivity index (χ2n) is 1.77. The lowest BCUT2D eigenvalue weighted by Gasteiger charge is -1.92. The molecule has 0 aliphatic rings. The average molecular weight is 199 g/mol. The lowest BCUT2D eigenvalue weighted by Crippen LogP contribution is -1.95. The topological polar surface area (TPSA) is 30.0 Å². The maximum atomic E-state index is 10.6. The van der Waals surface area contributed by atoms with Crippen LogP contribution in [0.3, 0.4) is 0 Å². The van der Waals surface area contributed by atoms with Crippen LogP contribution in [0.2, 0.25) is 0 Å². The number of hydrogen-bond donors (Lipinski definition) is 0. The van der Waals surface area contributed by atoms with Gasteiger partial charge < -0.3 is 0 Å². The first-order valence-electron chi connectivity index (χ1n) is 2.69. The smallest absolute Gasteiger partial charge is 0.181 e. The summed E-state index contributed by atoms with van der Waals surface area (Å²) >= 11 is 3.14. The summed E-state index contributed by atoms with van der Waals surface area (Å²) in [5, 5.41) is 0. The van der Waals surface area contributed by atoms with E-state index in [4.69, 9.17) is 0 Å². The SMILES string of the molecule is [CH2]C(=O)c1cccc(Br)n1. The monoisotopic (exact) mass is 198 g/mol. The fourth-order valence-electron chi connectivity index (χ4n) is 0.564. The lowest BCUT2D eigenvalue weighted by atomic mass is 10.3. The number of nitrogens with zero attached hydrogens (tertiary/aromatic N) is 1. The third kappa shape index (κ3) is 1.64. The van der Waals surface area contributed by atoms with Gasteiger partial charge in [0.2, 0.25) is 0 Å². The number of aromatic nitrogens is 1. The van der Waals surface area contributed by atoms with E-state index >= 15 is 0 Å². The minimum Gasteiger partial charge on any atom is -0.292 e. The van der Waals surface area contributed by atoms with Crippen molar-refractivity contribution in [1.82, 2.24) is 4.98 Å². The highest BCUT2D eigenvalue weighted by Gasteiger charge is 1.98. The van der Waals surface area contributed by atoms with Gasteiger partial charge in [-0.1, -0.05) is 6.07 Å². The average Bonchev–Trinajstić information content (AvgIpc) is 1.88. The first-order valence-corrected chi connectivity index (χ1v) is 3.48. The summed E-state index contributed by atoms with van der Waals surface area (Å²) in [4.78, 5) is 14.5. The Morgan fingerprint density at radius 3 is 2.70 bits per heavy atom. The van der Waals surface area contributed by atoms with Gasteiger partial charge in [-0.15, -0.1) is 0 Å². The van der Waals surface area contributed by atoms with E-state index in [1.54, 1.807) is 18.2 Å². The van der Waals surface area contributed by atoms with Crippen molar-refractivity contribution in [2.24, 2.45) is 0 Å². The second kappa shape index (κ2) is 2.92. The Hall–Kier alpha value is -0.700. The van der Waals surface area contributed by atoms with Gasteiger partial charge in [-0.3, -0.25) is 4.79 Å². The molecule has 0 saturated heterocycles. The first kappa shape index (κ1) is 7.41. The maximum absolute atomic E-state index is 10.6. The number of Topliss-reactive ketones (excluding diaryl/α,β-unsaturated/α-hetero) is 1. The van der Waals surface area contributed by atoms with Crippen molar-refractivity contribution in [2.45, 2.75) is 0 Å². The molecule has 0 N–H and O–H groups in total. The summed E-state index contributed by atoms with van der Waals surface area (Å²) in [5.74, 6) is -0.263. The van der Waals surface area contributed by atoms with Gasteiger partial charge in [0.25, 0.3) is 0 Å². The first-order chi connectivity index (χ1) is 4.70. The summed E-state index contributed by atoms with van der Waals surface area (Å²) < 4.78 is 0.655. The summed E-state index contributed by atoms with van der Waals surface area (Å²) in [6.07, 6.45) is 0. The zero-order valence-electron chi connectivity index (χ0n) is 5.17. The number of pyridine rings is 1. The molecule has 0 spiro atoms. The largest absolute Gasteiger partial charge is 0.292 e. The van der Waals surface area contributed by atoms with Gasteiger partial charge in [0.1, 0.15) is 10.3 Å². The number of carbonyl (C=O) groups excluding carboxylic acids is 1. The predicted octanol–water partition coefficient (Wildman–Crippen LogP) is 1.86. The van der Waals surface area contributed by atoms with Crippen LogP contribution in [-0.4, -0.2) is 10.8 Å². The van der Waals surface area contributed by atoms with Crippen LogP contribution in [0.5, 0.6) is 0 Å². The Morgan fingerprint density at radius 1 is 1.60 bits per heavy atom. The number of rotatable bonds is 1. The Balaban J connectivity index is 3.07. The molecule has 3 heteroatoms. The molecular weight excluding hydrogens is 194 g/mol. The van der Waals surface area contributed by atoms with Crippen LogP contribution in [0, 0.1) is 6.92 Å². The van der Waals surface area contributed by atoms with Gasteiger partial charge in [0, 0.05) is 6.92 Å². The highest BCUT2D eigenvalue weighted by molar-refractivity contribution is 9.10. The van der Waals surface area contributed by atoms with E-state index < -0.39 is 0 Å². The van der Waals surface area contributed by atoms with E-state index in [2.05, 4.69) is 27.8 Å². The van der Waals surface area contributed by atoms with Gasteiger partial charge in [-0.25, -0.2) is 4.98 Å². The van der Waals surface area contributed by atoms with Crippen molar-refractivity contribution in [2.75, 3.05) is 0 Å². The zero-order chi connectivity index (χ0) is 7.56. The maximum Gasteiger partial charge on any atom is 0.181 e. The van der Waals surface area contributed by atoms with Crippen LogP contribution in [0.1, 0.15) is 10.5 Å². The minimum atomic E-state index is -0.263. The molecular formula is C7H5BrNO. The van der Waals surface area contributed by atoms with Gasteiger partial charge in [-0.2, -0.15) is 0 Å². The molecule has 0 fully saturated rings. The molecule has 1 radical (unpaired) electrons. The minimum absolute atomic E-state index is 0.263. The van der Waals surface area contributed by atoms with E-state index in [1.165, 1.54) is 0 Å².